The van der Waals surface area contributed by atoms with Crippen molar-refractivity contribution in [2.75, 3.05) is 33.3 Å². The van der Waals surface area contributed by atoms with Gasteiger partial charge < -0.3 is 10.1 Å². The molecule has 2 aliphatic heterocycles. The van der Waals surface area contributed by atoms with E-state index in [1.165, 1.54) is 51.7 Å². The van der Waals surface area contributed by atoms with Crippen molar-refractivity contribution >= 4 is 0 Å². The first-order valence-electron chi connectivity index (χ1n) is 6.37. The predicted molar refractivity (Wildman–Crippen MR) is 62.1 cm³/mol. The van der Waals surface area contributed by atoms with Crippen molar-refractivity contribution in [2.45, 2.75) is 44.2 Å². The van der Waals surface area contributed by atoms with E-state index in [0.29, 0.717) is 6.10 Å². The second-order valence-electron chi connectivity index (χ2n) is 4.91. The molecule has 2 saturated heterocycles. The number of rotatable bonds is 3. The highest BCUT2D eigenvalue weighted by Crippen LogP contribution is 2.15. The van der Waals surface area contributed by atoms with Crippen molar-refractivity contribution in [2.24, 2.45) is 0 Å². The van der Waals surface area contributed by atoms with E-state index in [-0.39, 0.29) is 0 Å². The Morgan fingerprint density at radius 3 is 3.00 bits per heavy atom. The first-order valence-corrected chi connectivity index (χ1v) is 6.37. The van der Waals surface area contributed by atoms with E-state index in [1.54, 1.807) is 0 Å². The van der Waals surface area contributed by atoms with Crippen molar-refractivity contribution < 1.29 is 4.74 Å². The van der Waals surface area contributed by atoms with Gasteiger partial charge in [0.25, 0.3) is 0 Å². The SMILES string of the molecule is COC1CCN(CC2CCCCCN2)C1. The van der Waals surface area contributed by atoms with Crippen molar-refractivity contribution in [3.05, 3.63) is 0 Å². The molecule has 3 nitrogen and oxygen atoms in total. The van der Waals surface area contributed by atoms with Crippen molar-refractivity contribution in [3.8, 4) is 0 Å². The van der Waals surface area contributed by atoms with Gasteiger partial charge in [-0.2, -0.15) is 0 Å². The average Bonchev–Trinajstić information content (AvgIpc) is 2.54. The van der Waals surface area contributed by atoms with Crippen LogP contribution in [0.25, 0.3) is 0 Å². The first-order chi connectivity index (χ1) is 7.38. The largest absolute Gasteiger partial charge is 0.380 e. The van der Waals surface area contributed by atoms with E-state index in [4.69, 9.17) is 4.74 Å². The normalized spacial score (nSPS) is 34.2. The van der Waals surface area contributed by atoms with E-state index in [9.17, 15) is 0 Å². The Hall–Kier alpha value is -0.120. The number of ether oxygens (including phenoxy) is 1. The predicted octanol–water partition coefficient (Wildman–Crippen LogP) is 1.24. The molecule has 0 aliphatic carbocycles. The van der Waals surface area contributed by atoms with Crippen molar-refractivity contribution in [1.29, 1.82) is 0 Å². The van der Waals surface area contributed by atoms with Gasteiger partial charge in [-0.1, -0.05) is 12.8 Å². The summed E-state index contributed by atoms with van der Waals surface area (Å²) in [4.78, 5) is 2.55. The fourth-order valence-electron chi connectivity index (χ4n) is 2.72. The summed E-state index contributed by atoms with van der Waals surface area (Å²) in [5.74, 6) is 0. The van der Waals surface area contributed by atoms with Crippen LogP contribution in [0.15, 0.2) is 0 Å². The molecule has 0 saturated carbocycles. The minimum Gasteiger partial charge on any atom is -0.380 e. The van der Waals surface area contributed by atoms with Crippen LogP contribution in [-0.4, -0.2) is 50.3 Å². The molecular weight excluding hydrogens is 188 g/mol. The Balaban J connectivity index is 1.71. The molecule has 3 heteroatoms. The molecule has 0 amide bonds. The third kappa shape index (κ3) is 3.44. The quantitative estimate of drug-likeness (QED) is 0.762. The molecule has 0 radical (unpaired) electrons. The van der Waals surface area contributed by atoms with Crippen molar-refractivity contribution in [3.63, 3.8) is 0 Å². The molecule has 2 unspecified atom stereocenters. The molecule has 88 valence electrons. The zero-order valence-electron chi connectivity index (χ0n) is 9.87. The van der Waals surface area contributed by atoms with Gasteiger partial charge in [0.2, 0.25) is 0 Å². The smallest absolute Gasteiger partial charge is 0.0710 e. The maximum Gasteiger partial charge on any atom is 0.0710 e. The van der Waals surface area contributed by atoms with Gasteiger partial charge in [-0.25, -0.2) is 0 Å². The third-order valence-electron chi connectivity index (χ3n) is 3.70. The molecule has 2 heterocycles. The highest BCUT2D eigenvalue weighted by atomic mass is 16.5. The molecule has 2 rings (SSSR count). The van der Waals surface area contributed by atoms with Crippen LogP contribution < -0.4 is 5.32 Å². The van der Waals surface area contributed by atoms with Crippen LogP contribution in [-0.2, 0) is 4.74 Å². The molecule has 0 aromatic rings. The van der Waals surface area contributed by atoms with E-state index >= 15 is 0 Å². The second-order valence-corrected chi connectivity index (χ2v) is 4.91. The van der Waals surface area contributed by atoms with E-state index in [1.807, 2.05) is 7.11 Å². The molecule has 15 heavy (non-hydrogen) atoms. The number of nitrogens with one attached hydrogen (secondary N) is 1. The van der Waals surface area contributed by atoms with Crippen LogP contribution in [0.3, 0.4) is 0 Å². The maximum absolute atomic E-state index is 5.39. The van der Waals surface area contributed by atoms with Gasteiger partial charge in [-0.3, -0.25) is 4.90 Å². The Morgan fingerprint density at radius 2 is 2.20 bits per heavy atom. The first kappa shape index (κ1) is 11.4. The minimum atomic E-state index is 0.482. The van der Waals surface area contributed by atoms with Crippen molar-refractivity contribution in [1.82, 2.24) is 10.2 Å². The molecule has 0 aromatic heterocycles. The molecule has 2 atom stereocenters. The molecule has 0 spiro atoms. The van der Waals surface area contributed by atoms with Crippen LogP contribution in [0.1, 0.15) is 32.1 Å². The number of hydrogen-bond acceptors (Lipinski definition) is 3. The monoisotopic (exact) mass is 212 g/mol. The fourth-order valence-corrected chi connectivity index (χ4v) is 2.72. The summed E-state index contributed by atoms with van der Waals surface area (Å²) in [6.07, 6.45) is 7.22. The van der Waals surface area contributed by atoms with E-state index in [0.717, 1.165) is 12.6 Å². The zero-order valence-corrected chi connectivity index (χ0v) is 9.87. The van der Waals surface area contributed by atoms with Crippen LogP contribution in [0.5, 0.6) is 0 Å². The fraction of sp³-hybridized carbons (Fsp3) is 1.00. The summed E-state index contributed by atoms with van der Waals surface area (Å²) in [6.45, 7) is 4.79. The minimum absolute atomic E-state index is 0.482. The lowest BCUT2D eigenvalue weighted by Gasteiger charge is -2.23. The molecule has 1 N–H and O–H groups in total. The molecular formula is C12H24N2O. The van der Waals surface area contributed by atoms with Crippen LogP contribution in [0.2, 0.25) is 0 Å². The summed E-state index contributed by atoms with van der Waals surface area (Å²) in [5.41, 5.74) is 0. The molecule has 0 bridgehead atoms. The lowest BCUT2D eigenvalue weighted by Crippen LogP contribution is -2.40. The van der Waals surface area contributed by atoms with Crippen LogP contribution in [0.4, 0.5) is 0 Å². The number of hydrogen-bond donors (Lipinski definition) is 1. The van der Waals surface area contributed by atoms with Gasteiger partial charge in [-0.15, -0.1) is 0 Å². The Morgan fingerprint density at radius 1 is 1.27 bits per heavy atom. The van der Waals surface area contributed by atoms with Gasteiger partial charge in [-0.05, 0) is 25.8 Å². The summed E-state index contributed by atoms with van der Waals surface area (Å²) < 4.78 is 5.39. The molecule has 0 aromatic carbocycles. The third-order valence-corrected chi connectivity index (χ3v) is 3.70. The summed E-state index contributed by atoms with van der Waals surface area (Å²) >= 11 is 0. The second kappa shape index (κ2) is 5.83. The maximum atomic E-state index is 5.39. The standard InChI is InChI=1S/C12H24N2O/c1-15-12-6-8-14(10-12)9-11-5-3-2-4-7-13-11/h11-13H,2-10H2,1H3. The van der Waals surface area contributed by atoms with Gasteiger partial charge >= 0.3 is 0 Å². The number of methoxy groups -OCH3 is 1. The summed E-state index contributed by atoms with van der Waals surface area (Å²) in [7, 11) is 1.83. The highest BCUT2D eigenvalue weighted by Gasteiger charge is 2.24. The average molecular weight is 212 g/mol. The number of likely N-dealkylation sites (tertiary alicyclic amines) is 1. The lowest BCUT2D eigenvalue weighted by atomic mass is 10.1. The molecule has 2 aliphatic rings. The van der Waals surface area contributed by atoms with Gasteiger partial charge in [0, 0.05) is 32.8 Å². The van der Waals surface area contributed by atoms with E-state index in [2.05, 4.69) is 10.2 Å². The van der Waals surface area contributed by atoms with Gasteiger partial charge in [0.15, 0.2) is 0 Å². The van der Waals surface area contributed by atoms with Gasteiger partial charge in [0.05, 0.1) is 6.10 Å². The topological polar surface area (TPSA) is 24.5 Å². The highest BCUT2D eigenvalue weighted by molar-refractivity contribution is 4.81. The van der Waals surface area contributed by atoms with E-state index < -0.39 is 0 Å². The van der Waals surface area contributed by atoms with Gasteiger partial charge in [0.1, 0.15) is 0 Å². The Labute approximate surface area is 93.2 Å². The zero-order chi connectivity index (χ0) is 10.5. The Bertz CT molecular complexity index is 178. The van der Waals surface area contributed by atoms with Crippen LogP contribution >= 0.6 is 0 Å². The summed E-state index contributed by atoms with van der Waals surface area (Å²) in [6, 6.07) is 0.725. The summed E-state index contributed by atoms with van der Waals surface area (Å²) in [5, 5.41) is 3.66. The Kier molecular flexibility index (Phi) is 4.42. The van der Waals surface area contributed by atoms with Crippen LogP contribution in [0, 0.1) is 0 Å². The lowest BCUT2D eigenvalue weighted by molar-refractivity contribution is 0.106. The molecule has 2 fully saturated rings. The number of nitrogens with zero attached hydrogens (tertiary/aromatic N) is 1.